The number of para-hydroxylation sites is 1. The lowest BCUT2D eigenvalue weighted by molar-refractivity contribution is -0.146. The predicted molar refractivity (Wildman–Crippen MR) is 98.9 cm³/mol. The van der Waals surface area contributed by atoms with E-state index in [2.05, 4.69) is 45.7 Å². The van der Waals surface area contributed by atoms with Gasteiger partial charge in [-0.2, -0.15) is 0 Å². The highest BCUT2D eigenvalue weighted by atomic mass is 16.4. The summed E-state index contributed by atoms with van der Waals surface area (Å²) in [7, 11) is 0. The SMILES string of the molecule is O=C(O)C(C1CCNCC1)N1CCC(c2c[nH]c3ccccc23)CC1. The average molecular weight is 341 g/mol. The van der Waals surface area contributed by atoms with Gasteiger partial charge in [-0.3, -0.25) is 9.69 Å². The van der Waals surface area contributed by atoms with E-state index in [1.807, 2.05) is 0 Å². The Kier molecular flexibility index (Phi) is 4.77. The van der Waals surface area contributed by atoms with Gasteiger partial charge in [0.05, 0.1) is 0 Å². The fourth-order valence-corrected chi connectivity index (χ4v) is 4.74. The minimum Gasteiger partial charge on any atom is -0.480 e. The van der Waals surface area contributed by atoms with Crippen LogP contribution in [0, 0.1) is 5.92 Å². The van der Waals surface area contributed by atoms with Crippen molar-refractivity contribution in [3.05, 3.63) is 36.0 Å². The van der Waals surface area contributed by atoms with E-state index in [1.54, 1.807) is 0 Å². The van der Waals surface area contributed by atoms with Gasteiger partial charge >= 0.3 is 5.97 Å². The van der Waals surface area contributed by atoms with Crippen molar-refractivity contribution in [2.45, 2.75) is 37.6 Å². The molecule has 134 valence electrons. The van der Waals surface area contributed by atoms with E-state index in [-0.39, 0.29) is 12.0 Å². The first kappa shape index (κ1) is 16.6. The molecule has 1 aromatic carbocycles. The third-order valence-corrected chi connectivity index (χ3v) is 6.07. The highest BCUT2D eigenvalue weighted by molar-refractivity contribution is 5.83. The summed E-state index contributed by atoms with van der Waals surface area (Å²) in [5.41, 5.74) is 2.59. The maximum absolute atomic E-state index is 11.9. The van der Waals surface area contributed by atoms with Gasteiger partial charge in [0.2, 0.25) is 0 Å². The van der Waals surface area contributed by atoms with E-state index in [0.717, 1.165) is 51.9 Å². The van der Waals surface area contributed by atoms with E-state index in [9.17, 15) is 9.90 Å². The number of H-pyrrole nitrogens is 1. The number of hydrogen-bond donors (Lipinski definition) is 3. The molecule has 3 N–H and O–H groups in total. The molecular weight excluding hydrogens is 314 g/mol. The topological polar surface area (TPSA) is 68.4 Å². The van der Waals surface area contributed by atoms with Gasteiger partial charge in [-0.1, -0.05) is 18.2 Å². The number of benzene rings is 1. The second kappa shape index (κ2) is 7.18. The number of aromatic nitrogens is 1. The maximum Gasteiger partial charge on any atom is 0.321 e. The zero-order chi connectivity index (χ0) is 17.2. The largest absolute Gasteiger partial charge is 0.480 e. The second-order valence-electron chi connectivity index (χ2n) is 7.47. The Balaban J connectivity index is 1.45. The Morgan fingerprint density at radius 3 is 2.56 bits per heavy atom. The van der Waals surface area contributed by atoms with E-state index in [1.165, 1.54) is 16.5 Å². The molecule has 5 heteroatoms. The van der Waals surface area contributed by atoms with Crippen LogP contribution in [0.3, 0.4) is 0 Å². The fourth-order valence-electron chi connectivity index (χ4n) is 4.74. The monoisotopic (exact) mass is 341 g/mol. The summed E-state index contributed by atoms with van der Waals surface area (Å²) in [5.74, 6) is 0.163. The summed E-state index contributed by atoms with van der Waals surface area (Å²) >= 11 is 0. The molecule has 2 aliphatic rings. The van der Waals surface area contributed by atoms with Crippen LogP contribution in [-0.4, -0.2) is 53.2 Å². The Morgan fingerprint density at radius 2 is 1.84 bits per heavy atom. The number of aliphatic carboxylic acids is 1. The molecule has 2 saturated heterocycles. The molecule has 5 nitrogen and oxygen atoms in total. The molecule has 25 heavy (non-hydrogen) atoms. The lowest BCUT2D eigenvalue weighted by Crippen LogP contribution is -2.51. The summed E-state index contributed by atoms with van der Waals surface area (Å²) in [6.45, 7) is 3.65. The van der Waals surface area contributed by atoms with Crippen molar-refractivity contribution in [3.8, 4) is 0 Å². The lowest BCUT2D eigenvalue weighted by Gasteiger charge is -2.40. The minimum atomic E-state index is -0.641. The summed E-state index contributed by atoms with van der Waals surface area (Å²) in [4.78, 5) is 17.5. The van der Waals surface area contributed by atoms with Gasteiger partial charge in [0.15, 0.2) is 0 Å². The molecule has 0 amide bonds. The normalized spacial score (nSPS) is 22.2. The summed E-state index contributed by atoms with van der Waals surface area (Å²) in [6, 6.07) is 8.13. The van der Waals surface area contributed by atoms with E-state index >= 15 is 0 Å². The number of carbonyl (C=O) groups is 1. The molecule has 0 bridgehead atoms. The van der Waals surface area contributed by atoms with Gasteiger partial charge < -0.3 is 15.4 Å². The third-order valence-electron chi connectivity index (χ3n) is 6.07. The van der Waals surface area contributed by atoms with Crippen LogP contribution in [-0.2, 0) is 4.79 Å². The number of nitrogens with one attached hydrogen (secondary N) is 2. The van der Waals surface area contributed by atoms with E-state index in [4.69, 9.17) is 0 Å². The number of rotatable bonds is 4. The molecule has 0 saturated carbocycles. The van der Waals surface area contributed by atoms with E-state index < -0.39 is 5.97 Å². The Morgan fingerprint density at radius 1 is 1.12 bits per heavy atom. The van der Waals surface area contributed by atoms with Crippen molar-refractivity contribution < 1.29 is 9.90 Å². The first-order chi connectivity index (χ1) is 12.2. The quantitative estimate of drug-likeness (QED) is 0.800. The first-order valence-corrected chi connectivity index (χ1v) is 9.47. The number of hydrogen-bond acceptors (Lipinski definition) is 3. The molecule has 4 rings (SSSR count). The average Bonchev–Trinajstić information content (AvgIpc) is 3.07. The zero-order valence-electron chi connectivity index (χ0n) is 14.6. The number of aromatic amines is 1. The van der Waals surface area contributed by atoms with Gasteiger partial charge in [0, 0.05) is 17.1 Å². The van der Waals surface area contributed by atoms with E-state index in [0.29, 0.717) is 5.92 Å². The summed E-state index contributed by atoms with van der Waals surface area (Å²) < 4.78 is 0. The van der Waals surface area contributed by atoms with Gasteiger partial charge in [0.25, 0.3) is 0 Å². The number of fused-ring (bicyclic) bond motifs is 1. The van der Waals surface area contributed by atoms with Crippen molar-refractivity contribution in [1.29, 1.82) is 0 Å². The van der Waals surface area contributed by atoms with Crippen LogP contribution in [0.5, 0.6) is 0 Å². The highest BCUT2D eigenvalue weighted by Gasteiger charge is 2.36. The van der Waals surface area contributed by atoms with Gasteiger partial charge in [-0.25, -0.2) is 0 Å². The van der Waals surface area contributed by atoms with Crippen LogP contribution in [0.1, 0.15) is 37.2 Å². The number of carboxylic acids is 1. The summed E-state index contributed by atoms with van der Waals surface area (Å²) in [6.07, 6.45) is 6.17. The van der Waals surface area contributed by atoms with Crippen molar-refractivity contribution in [2.75, 3.05) is 26.2 Å². The molecule has 2 aliphatic heterocycles. The molecule has 2 aromatic rings. The highest BCUT2D eigenvalue weighted by Crippen LogP contribution is 2.35. The molecule has 0 spiro atoms. The standard InChI is InChI=1S/C20H27N3O2/c24-20(25)19(15-5-9-21-10-6-15)23-11-7-14(8-12-23)17-13-22-18-4-2-1-3-16(17)18/h1-4,13-15,19,21-22H,5-12H2,(H,24,25). The molecule has 0 radical (unpaired) electrons. The molecule has 2 fully saturated rings. The summed E-state index contributed by atoms with van der Waals surface area (Å²) in [5, 5.41) is 14.5. The number of piperidine rings is 2. The number of nitrogens with zero attached hydrogens (tertiary/aromatic N) is 1. The second-order valence-corrected chi connectivity index (χ2v) is 7.47. The van der Waals surface area contributed by atoms with Crippen LogP contribution >= 0.6 is 0 Å². The Labute approximate surface area is 148 Å². The molecular formula is C20H27N3O2. The lowest BCUT2D eigenvalue weighted by atomic mass is 9.85. The number of likely N-dealkylation sites (tertiary alicyclic amines) is 1. The van der Waals surface area contributed by atoms with Crippen molar-refractivity contribution >= 4 is 16.9 Å². The van der Waals surface area contributed by atoms with Crippen molar-refractivity contribution in [2.24, 2.45) is 5.92 Å². The van der Waals surface area contributed by atoms with Crippen molar-refractivity contribution in [1.82, 2.24) is 15.2 Å². The van der Waals surface area contributed by atoms with Crippen LogP contribution in [0.4, 0.5) is 0 Å². The Hall–Kier alpha value is -1.85. The minimum absolute atomic E-state index is 0.281. The zero-order valence-corrected chi connectivity index (χ0v) is 14.6. The molecule has 1 unspecified atom stereocenters. The van der Waals surface area contributed by atoms with Gasteiger partial charge in [-0.15, -0.1) is 0 Å². The van der Waals surface area contributed by atoms with Crippen LogP contribution < -0.4 is 5.32 Å². The van der Waals surface area contributed by atoms with Gasteiger partial charge in [-0.05, 0) is 75.3 Å². The predicted octanol–water partition coefficient (Wildman–Crippen LogP) is 2.80. The van der Waals surface area contributed by atoms with Crippen LogP contribution in [0.25, 0.3) is 10.9 Å². The van der Waals surface area contributed by atoms with Gasteiger partial charge in [0.1, 0.15) is 6.04 Å². The van der Waals surface area contributed by atoms with Crippen LogP contribution in [0.15, 0.2) is 30.5 Å². The Bertz CT molecular complexity index is 727. The fraction of sp³-hybridized carbons (Fsp3) is 0.550. The maximum atomic E-state index is 11.9. The third kappa shape index (κ3) is 3.31. The molecule has 0 aliphatic carbocycles. The van der Waals surface area contributed by atoms with Crippen molar-refractivity contribution in [3.63, 3.8) is 0 Å². The number of carboxylic acid groups (broad SMARTS) is 1. The first-order valence-electron chi connectivity index (χ1n) is 9.47. The van der Waals surface area contributed by atoms with Crippen LogP contribution in [0.2, 0.25) is 0 Å². The molecule has 3 heterocycles. The molecule has 1 atom stereocenters. The molecule has 1 aromatic heterocycles. The smallest absolute Gasteiger partial charge is 0.321 e.